The maximum Gasteiger partial charge on any atom is 0.224 e. The van der Waals surface area contributed by atoms with Crippen molar-refractivity contribution in [2.75, 3.05) is 18.5 Å². The van der Waals surface area contributed by atoms with E-state index in [9.17, 15) is 4.79 Å². The van der Waals surface area contributed by atoms with Crippen LogP contribution >= 0.6 is 11.6 Å². The maximum absolute atomic E-state index is 12.5. The minimum Gasteiger partial charge on any atom is -0.486 e. The van der Waals surface area contributed by atoms with E-state index in [4.69, 9.17) is 21.1 Å². The monoisotopic (exact) mass is 400 g/mol. The van der Waals surface area contributed by atoms with E-state index in [0.717, 1.165) is 28.3 Å². The second kappa shape index (κ2) is 7.31. The summed E-state index contributed by atoms with van der Waals surface area (Å²) in [5, 5.41) is 7.75. The lowest BCUT2D eigenvalue weighted by molar-refractivity contribution is -0.116. The fraction of sp³-hybridized carbons (Fsp3) is 0.350. The number of fused-ring (bicyclic) bond motifs is 2. The van der Waals surface area contributed by atoms with Crippen LogP contribution in [0.1, 0.15) is 29.1 Å². The summed E-state index contributed by atoms with van der Waals surface area (Å²) in [7, 11) is 0. The van der Waals surface area contributed by atoms with E-state index in [1.807, 2.05) is 31.4 Å². The SMILES string of the molecule is Cc1cc2nc(C)c(CCC(=O)Nc3cc4c(cc3Cl)OCCO4)c(C)n2n1. The smallest absolute Gasteiger partial charge is 0.224 e. The summed E-state index contributed by atoms with van der Waals surface area (Å²) in [5.41, 5.74) is 5.19. The molecular formula is C20H21ClN4O3. The molecule has 4 rings (SSSR count). The summed E-state index contributed by atoms with van der Waals surface area (Å²) >= 11 is 6.27. The van der Waals surface area contributed by atoms with Gasteiger partial charge in [-0.1, -0.05) is 11.6 Å². The first-order valence-electron chi connectivity index (χ1n) is 9.14. The van der Waals surface area contributed by atoms with Crippen molar-refractivity contribution >= 4 is 28.8 Å². The summed E-state index contributed by atoms with van der Waals surface area (Å²) in [5.74, 6) is 1.05. The second-order valence-corrected chi connectivity index (χ2v) is 7.25. The van der Waals surface area contributed by atoms with Gasteiger partial charge in [0.05, 0.1) is 16.4 Å². The van der Waals surface area contributed by atoms with E-state index in [2.05, 4.69) is 15.4 Å². The van der Waals surface area contributed by atoms with Gasteiger partial charge in [-0.25, -0.2) is 9.50 Å². The molecule has 1 aliphatic heterocycles. The molecule has 0 fully saturated rings. The molecule has 1 aromatic carbocycles. The quantitative estimate of drug-likeness (QED) is 0.723. The molecule has 7 nitrogen and oxygen atoms in total. The molecule has 0 saturated heterocycles. The molecule has 146 valence electrons. The van der Waals surface area contributed by atoms with Crippen LogP contribution in [-0.4, -0.2) is 33.7 Å². The summed E-state index contributed by atoms with van der Waals surface area (Å²) in [4.78, 5) is 17.1. The van der Waals surface area contributed by atoms with Crippen LogP contribution < -0.4 is 14.8 Å². The Morgan fingerprint density at radius 2 is 1.89 bits per heavy atom. The molecule has 1 amide bonds. The number of hydrogen-bond acceptors (Lipinski definition) is 5. The van der Waals surface area contributed by atoms with Crippen molar-refractivity contribution in [1.29, 1.82) is 0 Å². The third kappa shape index (κ3) is 3.49. The molecule has 2 aromatic heterocycles. The highest BCUT2D eigenvalue weighted by molar-refractivity contribution is 6.34. The lowest BCUT2D eigenvalue weighted by Gasteiger charge is -2.20. The van der Waals surface area contributed by atoms with Gasteiger partial charge in [-0.2, -0.15) is 5.10 Å². The van der Waals surface area contributed by atoms with Crippen molar-refractivity contribution < 1.29 is 14.3 Å². The van der Waals surface area contributed by atoms with Gasteiger partial charge in [-0.3, -0.25) is 4.79 Å². The average Bonchev–Trinajstić information content (AvgIpc) is 3.02. The number of hydrogen-bond donors (Lipinski definition) is 1. The molecule has 0 atom stereocenters. The molecule has 28 heavy (non-hydrogen) atoms. The van der Waals surface area contributed by atoms with E-state index >= 15 is 0 Å². The topological polar surface area (TPSA) is 77.8 Å². The molecule has 0 spiro atoms. The van der Waals surface area contributed by atoms with E-state index < -0.39 is 0 Å². The van der Waals surface area contributed by atoms with Crippen molar-refractivity contribution in [3.63, 3.8) is 0 Å². The summed E-state index contributed by atoms with van der Waals surface area (Å²) < 4.78 is 12.9. The molecular weight excluding hydrogens is 380 g/mol. The van der Waals surface area contributed by atoms with E-state index in [1.165, 1.54) is 0 Å². The maximum atomic E-state index is 12.5. The highest BCUT2D eigenvalue weighted by Gasteiger charge is 2.17. The Kier molecular flexibility index (Phi) is 4.85. The van der Waals surface area contributed by atoms with Gasteiger partial charge in [-0.15, -0.1) is 0 Å². The Morgan fingerprint density at radius 1 is 1.18 bits per heavy atom. The lowest BCUT2D eigenvalue weighted by Crippen LogP contribution is -2.17. The fourth-order valence-electron chi connectivity index (χ4n) is 3.41. The lowest BCUT2D eigenvalue weighted by atomic mass is 10.1. The van der Waals surface area contributed by atoms with Crippen LogP contribution in [0.4, 0.5) is 5.69 Å². The molecule has 1 aliphatic rings. The fourth-order valence-corrected chi connectivity index (χ4v) is 3.61. The van der Waals surface area contributed by atoms with Crippen molar-refractivity contribution in [3.8, 4) is 11.5 Å². The van der Waals surface area contributed by atoms with Gasteiger partial charge in [0.25, 0.3) is 0 Å². The van der Waals surface area contributed by atoms with Crippen LogP contribution in [0.5, 0.6) is 11.5 Å². The van der Waals surface area contributed by atoms with Crippen molar-refractivity contribution in [2.45, 2.75) is 33.6 Å². The van der Waals surface area contributed by atoms with Crippen LogP contribution in [0.15, 0.2) is 18.2 Å². The molecule has 0 aliphatic carbocycles. The Bertz CT molecular complexity index is 1080. The predicted octanol–water partition coefficient (Wildman–Crippen LogP) is 3.65. The Hall–Kier alpha value is -2.80. The molecule has 3 heterocycles. The Balaban J connectivity index is 1.49. The largest absolute Gasteiger partial charge is 0.486 e. The Morgan fingerprint density at radius 3 is 2.64 bits per heavy atom. The van der Waals surface area contributed by atoms with Crippen LogP contribution in [0.3, 0.4) is 0 Å². The van der Waals surface area contributed by atoms with Crippen molar-refractivity contribution in [1.82, 2.24) is 14.6 Å². The number of amides is 1. The minimum absolute atomic E-state index is 0.130. The van der Waals surface area contributed by atoms with Gasteiger partial charge in [0.2, 0.25) is 5.91 Å². The van der Waals surface area contributed by atoms with Crippen LogP contribution in [0, 0.1) is 20.8 Å². The molecule has 3 aromatic rings. The van der Waals surface area contributed by atoms with Gasteiger partial charge in [0.1, 0.15) is 13.2 Å². The van der Waals surface area contributed by atoms with Gasteiger partial charge in [0.15, 0.2) is 17.1 Å². The molecule has 0 saturated carbocycles. The summed E-state index contributed by atoms with van der Waals surface area (Å²) in [6.07, 6.45) is 0.868. The number of nitrogens with zero attached hydrogens (tertiary/aromatic N) is 3. The average molecular weight is 401 g/mol. The summed E-state index contributed by atoms with van der Waals surface area (Å²) in [6, 6.07) is 5.31. The number of aromatic nitrogens is 3. The zero-order valence-corrected chi connectivity index (χ0v) is 16.8. The molecule has 1 N–H and O–H groups in total. The molecule has 8 heteroatoms. The standard InChI is InChI=1S/C20H21ClN4O3/c1-11-8-19-22-12(2)14(13(3)25(19)24-11)4-5-20(26)23-16-10-18-17(9-15(16)21)27-6-7-28-18/h8-10H,4-7H2,1-3H3,(H,23,26). The van der Waals surface area contributed by atoms with Gasteiger partial charge >= 0.3 is 0 Å². The molecule has 0 radical (unpaired) electrons. The Labute approximate surface area is 167 Å². The highest BCUT2D eigenvalue weighted by Crippen LogP contribution is 2.38. The number of carbonyl (C=O) groups excluding carboxylic acids is 1. The number of nitrogens with one attached hydrogen (secondary N) is 1. The van der Waals surface area contributed by atoms with Crippen molar-refractivity contribution in [2.24, 2.45) is 0 Å². The van der Waals surface area contributed by atoms with E-state index in [1.54, 1.807) is 12.1 Å². The highest BCUT2D eigenvalue weighted by atomic mass is 35.5. The van der Waals surface area contributed by atoms with E-state index in [-0.39, 0.29) is 5.91 Å². The van der Waals surface area contributed by atoms with Gasteiger partial charge < -0.3 is 14.8 Å². The van der Waals surface area contributed by atoms with Gasteiger partial charge in [-0.05, 0) is 32.8 Å². The molecule has 0 bridgehead atoms. The minimum atomic E-state index is -0.130. The number of carbonyl (C=O) groups is 1. The number of rotatable bonds is 4. The second-order valence-electron chi connectivity index (χ2n) is 6.84. The normalized spacial score (nSPS) is 13.0. The number of halogens is 1. The zero-order chi connectivity index (χ0) is 19.8. The first kappa shape index (κ1) is 18.6. The summed E-state index contributed by atoms with van der Waals surface area (Å²) in [6.45, 7) is 6.86. The first-order valence-corrected chi connectivity index (χ1v) is 9.51. The third-order valence-corrected chi connectivity index (χ3v) is 5.11. The predicted molar refractivity (Wildman–Crippen MR) is 107 cm³/mol. The number of aryl methyl sites for hydroxylation is 3. The molecule has 0 unspecified atom stereocenters. The third-order valence-electron chi connectivity index (χ3n) is 4.79. The number of anilines is 1. The number of ether oxygens (including phenoxy) is 2. The number of benzene rings is 1. The van der Waals surface area contributed by atoms with Gasteiger partial charge in [0, 0.05) is 36.0 Å². The van der Waals surface area contributed by atoms with Crippen LogP contribution in [0.25, 0.3) is 5.65 Å². The zero-order valence-electron chi connectivity index (χ0n) is 16.0. The first-order chi connectivity index (χ1) is 13.4. The van der Waals surface area contributed by atoms with Crippen LogP contribution in [0.2, 0.25) is 5.02 Å². The van der Waals surface area contributed by atoms with E-state index in [0.29, 0.717) is 48.3 Å². The van der Waals surface area contributed by atoms with Crippen LogP contribution in [-0.2, 0) is 11.2 Å². The van der Waals surface area contributed by atoms with Crippen molar-refractivity contribution in [3.05, 3.63) is 45.9 Å².